The number of likely N-dealkylation sites (tertiary alicyclic amines) is 1. The molecule has 21 heavy (non-hydrogen) atoms. The molecule has 0 unspecified atom stereocenters. The second kappa shape index (κ2) is 6.24. The smallest absolute Gasteiger partial charge is 0.407 e. The summed E-state index contributed by atoms with van der Waals surface area (Å²) in [5, 5.41) is 9.74. The van der Waals surface area contributed by atoms with E-state index in [0.29, 0.717) is 18.1 Å². The monoisotopic (exact) mass is 303 g/mol. The van der Waals surface area contributed by atoms with E-state index in [1.807, 2.05) is 30.3 Å². The summed E-state index contributed by atoms with van der Waals surface area (Å²) in [6.45, 7) is 5.14. The molecule has 1 heterocycles. The van der Waals surface area contributed by atoms with E-state index in [1.165, 1.54) is 10.5 Å². The molecule has 2 rings (SSSR count). The standard InChI is InChI=1S/C17H18ClNO2/c1-17(2)12-19(16(20)21)10-9-14(17)7-3-5-13-6-4-8-15(18)11-13/h4,6-8,11H,9-10,12H2,1-2H3,(H,20,21)/b14-7+. The molecule has 1 saturated heterocycles. The number of carbonyl (C=O) groups is 1. The summed E-state index contributed by atoms with van der Waals surface area (Å²) in [4.78, 5) is 12.5. The average molecular weight is 304 g/mol. The van der Waals surface area contributed by atoms with Crippen molar-refractivity contribution in [2.45, 2.75) is 20.3 Å². The van der Waals surface area contributed by atoms with E-state index in [0.717, 1.165) is 12.0 Å². The van der Waals surface area contributed by atoms with Gasteiger partial charge in [0.15, 0.2) is 0 Å². The predicted octanol–water partition coefficient (Wildman–Crippen LogP) is 4.03. The lowest BCUT2D eigenvalue weighted by atomic mass is 9.79. The molecule has 1 amide bonds. The van der Waals surface area contributed by atoms with Gasteiger partial charge < -0.3 is 10.0 Å². The fourth-order valence-electron chi connectivity index (χ4n) is 2.46. The second-order valence-corrected chi connectivity index (χ2v) is 6.22. The molecule has 0 aromatic heterocycles. The van der Waals surface area contributed by atoms with Gasteiger partial charge in [-0.1, -0.05) is 48.9 Å². The first-order chi connectivity index (χ1) is 9.88. The maximum absolute atomic E-state index is 11.0. The van der Waals surface area contributed by atoms with Gasteiger partial charge in [-0.25, -0.2) is 4.79 Å². The van der Waals surface area contributed by atoms with Crippen molar-refractivity contribution in [1.29, 1.82) is 0 Å². The predicted molar refractivity (Wildman–Crippen MR) is 84.4 cm³/mol. The highest BCUT2D eigenvalue weighted by Gasteiger charge is 2.32. The van der Waals surface area contributed by atoms with Crippen LogP contribution in [0, 0.1) is 17.3 Å². The third-order valence-corrected chi connectivity index (χ3v) is 3.90. The van der Waals surface area contributed by atoms with Crippen molar-refractivity contribution < 1.29 is 9.90 Å². The molecule has 3 nitrogen and oxygen atoms in total. The Balaban J connectivity index is 2.14. The number of rotatable bonds is 0. The number of amides is 1. The van der Waals surface area contributed by atoms with Crippen molar-refractivity contribution in [3.8, 4) is 11.8 Å². The fraction of sp³-hybridized carbons (Fsp3) is 0.353. The Morgan fingerprint density at radius 1 is 1.48 bits per heavy atom. The van der Waals surface area contributed by atoms with E-state index in [-0.39, 0.29) is 5.41 Å². The summed E-state index contributed by atoms with van der Waals surface area (Å²) >= 11 is 5.92. The molecule has 4 heteroatoms. The van der Waals surface area contributed by atoms with Crippen molar-refractivity contribution in [2.75, 3.05) is 13.1 Å². The minimum Gasteiger partial charge on any atom is -0.465 e. The Hall–Kier alpha value is -1.92. The van der Waals surface area contributed by atoms with E-state index in [9.17, 15) is 4.79 Å². The summed E-state index contributed by atoms with van der Waals surface area (Å²) in [7, 11) is 0. The molecule has 0 radical (unpaired) electrons. The van der Waals surface area contributed by atoms with Gasteiger partial charge in [-0.2, -0.15) is 0 Å². The Kier molecular flexibility index (Phi) is 4.59. The van der Waals surface area contributed by atoms with Crippen LogP contribution in [0.2, 0.25) is 5.02 Å². The van der Waals surface area contributed by atoms with Gasteiger partial charge in [-0.05, 0) is 30.7 Å². The molecule has 1 fully saturated rings. The molecule has 1 aliphatic rings. The van der Waals surface area contributed by atoms with E-state index in [4.69, 9.17) is 16.7 Å². The quantitative estimate of drug-likeness (QED) is 0.735. The maximum Gasteiger partial charge on any atom is 0.407 e. The van der Waals surface area contributed by atoms with Gasteiger partial charge >= 0.3 is 6.09 Å². The third kappa shape index (κ3) is 4.03. The van der Waals surface area contributed by atoms with Crippen LogP contribution >= 0.6 is 11.6 Å². The summed E-state index contributed by atoms with van der Waals surface area (Å²) in [5.74, 6) is 6.13. The molecular weight excluding hydrogens is 286 g/mol. The lowest BCUT2D eigenvalue weighted by Gasteiger charge is -2.38. The van der Waals surface area contributed by atoms with Gasteiger partial charge in [0, 0.05) is 29.1 Å². The SMILES string of the molecule is CC1(C)CN(C(=O)O)CC/C1=C\C#Cc1cccc(Cl)c1. The Morgan fingerprint density at radius 2 is 2.24 bits per heavy atom. The van der Waals surface area contributed by atoms with Crippen LogP contribution in [-0.2, 0) is 0 Å². The Morgan fingerprint density at radius 3 is 2.86 bits per heavy atom. The molecule has 0 saturated carbocycles. The average Bonchev–Trinajstić information content (AvgIpc) is 2.40. The molecule has 0 bridgehead atoms. The number of benzene rings is 1. The largest absolute Gasteiger partial charge is 0.465 e. The van der Waals surface area contributed by atoms with Gasteiger partial charge in [0.2, 0.25) is 0 Å². The number of allylic oxidation sites excluding steroid dienone is 1. The van der Waals surface area contributed by atoms with Crippen LogP contribution in [0.25, 0.3) is 0 Å². The van der Waals surface area contributed by atoms with Crippen LogP contribution in [-0.4, -0.2) is 29.2 Å². The zero-order valence-corrected chi connectivity index (χ0v) is 12.9. The number of hydrogen-bond donors (Lipinski definition) is 1. The van der Waals surface area contributed by atoms with Crippen molar-refractivity contribution >= 4 is 17.7 Å². The third-order valence-electron chi connectivity index (χ3n) is 3.66. The van der Waals surface area contributed by atoms with Crippen LogP contribution in [0.3, 0.4) is 0 Å². The van der Waals surface area contributed by atoms with Crippen LogP contribution < -0.4 is 0 Å². The number of carboxylic acid groups (broad SMARTS) is 1. The van der Waals surface area contributed by atoms with Gasteiger partial charge in [0.05, 0.1) is 0 Å². The summed E-state index contributed by atoms with van der Waals surface area (Å²) in [6, 6.07) is 7.42. The summed E-state index contributed by atoms with van der Waals surface area (Å²) in [6.07, 6.45) is 1.79. The molecule has 110 valence electrons. The van der Waals surface area contributed by atoms with Crippen molar-refractivity contribution in [3.05, 3.63) is 46.5 Å². The molecule has 1 aromatic rings. The van der Waals surface area contributed by atoms with E-state index >= 15 is 0 Å². The molecule has 0 aliphatic carbocycles. The fourth-order valence-corrected chi connectivity index (χ4v) is 2.65. The lowest BCUT2D eigenvalue weighted by molar-refractivity contribution is 0.117. The van der Waals surface area contributed by atoms with Crippen LogP contribution in [0.4, 0.5) is 4.79 Å². The van der Waals surface area contributed by atoms with E-state index < -0.39 is 6.09 Å². The Labute approximate surface area is 130 Å². The van der Waals surface area contributed by atoms with E-state index in [2.05, 4.69) is 25.7 Å². The molecule has 0 atom stereocenters. The minimum atomic E-state index is -0.855. The minimum absolute atomic E-state index is 0.181. The number of halogens is 1. The van der Waals surface area contributed by atoms with Crippen molar-refractivity contribution in [3.63, 3.8) is 0 Å². The molecular formula is C17H18ClNO2. The maximum atomic E-state index is 11.0. The summed E-state index contributed by atoms with van der Waals surface area (Å²) < 4.78 is 0. The van der Waals surface area contributed by atoms with Crippen molar-refractivity contribution in [2.24, 2.45) is 5.41 Å². The van der Waals surface area contributed by atoms with Gasteiger partial charge in [-0.3, -0.25) is 0 Å². The van der Waals surface area contributed by atoms with Gasteiger partial charge in [0.1, 0.15) is 0 Å². The first kappa shape index (κ1) is 15.5. The summed E-state index contributed by atoms with van der Waals surface area (Å²) in [5.41, 5.74) is 1.88. The lowest BCUT2D eigenvalue weighted by Crippen LogP contribution is -2.44. The van der Waals surface area contributed by atoms with Crippen molar-refractivity contribution in [1.82, 2.24) is 4.90 Å². The van der Waals surface area contributed by atoms with Crippen LogP contribution in [0.15, 0.2) is 35.9 Å². The van der Waals surface area contributed by atoms with Gasteiger partial charge in [0.25, 0.3) is 0 Å². The number of hydrogen-bond acceptors (Lipinski definition) is 1. The Bertz CT molecular complexity index is 638. The normalized spacial score (nSPS) is 19.0. The zero-order valence-electron chi connectivity index (χ0n) is 12.2. The molecule has 1 aliphatic heterocycles. The molecule has 1 N–H and O–H groups in total. The highest BCUT2D eigenvalue weighted by Crippen LogP contribution is 2.34. The van der Waals surface area contributed by atoms with Gasteiger partial charge in [-0.15, -0.1) is 0 Å². The van der Waals surface area contributed by atoms with Crippen LogP contribution in [0.1, 0.15) is 25.8 Å². The second-order valence-electron chi connectivity index (χ2n) is 5.79. The molecule has 0 spiro atoms. The highest BCUT2D eigenvalue weighted by molar-refractivity contribution is 6.30. The number of piperidine rings is 1. The highest BCUT2D eigenvalue weighted by atomic mass is 35.5. The van der Waals surface area contributed by atoms with E-state index in [1.54, 1.807) is 0 Å². The van der Waals surface area contributed by atoms with Crippen LogP contribution in [0.5, 0.6) is 0 Å². The number of nitrogens with zero attached hydrogens (tertiary/aromatic N) is 1. The zero-order chi connectivity index (χ0) is 15.5. The first-order valence-electron chi connectivity index (χ1n) is 6.83. The molecule has 1 aromatic carbocycles. The topological polar surface area (TPSA) is 40.5 Å². The first-order valence-corrected chi connectivity index (χ1v) is 7.21.